The van der Waals surface area contributed by atoms with Crippen LogP contribution in [0.2, 0.25) is 0 Å². The Bertz CT molecular complexity index is 848. The van der Waals surface area contributed by atoms with Crippen molar-refractivity contribution >= 4 is 0 Å². The Labute approximate surface area is 154 Å². The molecule has 1 fully saturated rings. The number of aromatic nitrogens is 4. The summed E-state index contributed by atoms with van der Waals surface area (Å²) < 4.78 is 0. The molecule has 1 aromatic carbocycles. The lowest BCUT2D eigenvalue weighted by Gasteiger charge is -2.32. The van der Waals surface area contributed by atoms with Crippen molar-refractivity contribution in [2.24, 2.45) is 0 Å². The Hall–Kier alpha value is -2.66. The van der Waals surface area contributed by atoms with E-state index in [9.17, 15) is 0 Å². The van der Waals surface area contributed by atoms with Gasteiger partial charge in [-0.2, -0.15) is 0 Å². The molecule has 0 aliphatic carbocycles. The van der Waals surface area contributed by atoms with Crippen LogP contribution >= 0.6 is 0 Å². The van der Waals surface area contributed by atoms with Gasteiger partial charge in [0.2, 0.25) is 0 Å². The van der Waals surface area contributed by atoms with Gasteiger partial charge in [-0.05, 0) is 26.3 Å². The van der Waals surface area contributed by atoms with Gasteiger partial charge < -0.3 is 0 Å². The number of hydrogen-bond acceptors (Lipinski definition) is 5. The molecule has 0 N–H and O–H groups in total. The van der Waals surface area contributed by atoms with E-state index < -0.39 is 0 Å². The minimum absolute atomic E-state index is 0.459. The maximum atomic E-state index is 4.67. The van der Waals surface area contributed by atoms with E-state index in [0.29, 0.717) is 5.92 Å². The molecule has 3 heterocycles. The van der Waals surface area contributed by atoms with Gasteiger partial charge in [0, 0.05) is 54.9 Å². The van der Waals surface area contributed by atoms with E-state index in [2.05, 4.69) is 24.8 Å². The van der Waals surface area contributed by atoms with E-state index in [0.717, 1.165) is 48.0 Å². The summed E-state index contributed by atoms with van der Waals surface area (Å²) >= 11 is 0. The molecular weight excluding hydrogens is 322 g/mol. The van der Waals surface area contributed by atoms with Crippen molar-refractivity contribution in [2.75, 3.05) is 13.1 Å². The lowest BCUT2D eigenvalue weighted by molar-refractivity contribution is 0.198. The molecule has 5 nitrogen and oxygen atoms in total. The lowest BCUT2D eigenvalue weighted by atomic mass is 9.94. The molecule has 5 heteroatoms. The lowest BCUT2D eigenvalue weighted by Crippen LogP contribution is -2.34. The SMILES string of the molecule is Cc1cncc(C2CCCN(Cc3cnc(-c4ccccc4)nc3)C2)n1. The number of hydrogen-bond donors (Lipinski definition) is 0. The molecule has 0 radical (unpaired) electrons. The molecule has 3 aromatic rings. The minimum atomic E-state index is 0.459. The summed E-state index contributed by atoms with van der Waals surface area (Å²) in [6.45, 7) is 5.00. The molecule has 1 saturated heterocycles. The fourth-order valence-electron chi connectivity index (χ4n) is 3.55. The topological polar surface area (TPSA) is 54.8 Å². The summed E-state index contributed by atoms with van der Waals surface area (Å²) in [6, 6.07) is 10.1. The second-order valence-corrected chi connectivity index (χ2v) is 6.94. The van der Waals surface area contributed by atoms with Gasteiger partial charge in [-0.3, -0.25) is 14.9 Å². The normalized spacial score (nSPS) is 18.0. The molecule has 0 amide bonds. The number of aryl methyl sites for hydroxylation is 1. The van der Waals surface area contributed by atoms with Crippen molar-refractivity contribution in [3.63, 3.8) is 0 Å². The third kappa shape index (κ3) is 3.94. The van der Waals surface area contributed by atoms with Gasteiger partial charge in [0.05, 0.1) is 11.4 Å². The second kappa shape index (κ2) is 7.70. The monoisotopic (exact) mass is 345 g/mol. The highest BCUT2D eigenvalue weighted by atomic mass is 15.1. The van der Waals surface area contributed by atoms with E-state index in [1.807, 2.05) is 62.0 Å². The summed E-state index contributed by atoms with van der Waals surface area (Å²) in [5.74, 6) is 1.24. The zero-order valence-electron chi connectivity index (χ0n) is 15.0. The van der Waals surface area contributed by atoms with Crippen molar-refractivity contribution in [1.82, 2.24) is 24.8 Å². The summed E-state index contributed by atoms with van der Waals surface area (Å²) in [6.07, 6.45) is 9.99. The van der Waals surface area contributed by atoms with Crippen LogP contribution in [-0.2, 0) is 6.54 Å². The van der Waals surface area contributed by atoms with Gasteiger partial charge in [0.1, 0.15) is 0 Å². The maximum Gasteiger partial charge on any atom is 0.159 e. The molecule has 0 spiro atoms. The number of piperidine rings is 1. The molecule has 1 aliphatic rings. The van der Waals surface area contributed by atoms with Crippen LogP contribution < -0.4 is 0 Å². The van der Waals surface area contributed by atoms with Crippen LogP contribution in [0.3, 0.4) is 0 Å². The van der Waals surface area contributed by atoms with Gasteiger partial charge in [0.25, 0.3) is 0 Å². The number of benzene rings is 1. The Kier molecular flexibility index (Phi) is 4.97. The van der Waals surface area contributed by atoms with Gasteiger partial charge >= 0.3 is 0 Å². The predicted molar refractivity (Wildman–Crippen MR) is 101 cm³/mol. The van der Waals surface area contributed by atoms with Crippen LogP contribution in [0, 0.1) is 6.92 Å². The molecule has 132 valence electrons. The summed E-state index contributed by atoms with van der Waals surface area (Å²) in [5.41, 5.74) is 4.31. The molecular formula is C21H23N5. The first-order valence-electron chi connectivity index (χ1n) is 9.15. The fraction of sp³-hybridized carbons (Fsp3) is 0.333. The van der Waals surface area contributed by atoms with Crippen LogP contribution in [-0.4, -0.2) is 37.9 Å². The summed E-state index contributed by atoms with van der Waals surface area (Å²) in [5, 5.41) is 0. The first-order valence-corrected chi connectivity index (χ1v) is 9.15. The Morgan fingerprint density at radius 2 is 1.85 bits per heavy atom. The second-order valence-electron chi connectivity index (χ2n) is 6.94. The largest absolute Gasteiger partial charge is 0.298 e. The Morgan fingerprint density at radius 3 is 2.62 bits per heavy atom. The highest BCUT2D eigenvalue weighted by Gasteiger charge is 2.23. The van der Waals surface area contributed by atoms with E-state index in [1.165, 1.54) is 12.8 Å². The number of likely N-dealkylation sites (tertiary alicyclic amines) is 1. The van der Waals surface area contributed by atoms with Crippen molar-refractivity contribution in [2.45, 2.75) is 32.2 Å². The first-order chi connectivity index (χ1) is 12.8. The van der Waals surface area contributed by atoms with Gasteiger partial charge in [-0.1, -0.05) is 30.3 Å². The van der Waals surface area contributed by atoms with Crippen LogP contribution in [0.1, 0.15) is 35.7 Å². The smallest absolute Gasteiger partial charge is 0.159 e. The van der Waals surface area contributed by atoms with E-state index in [-0.39, 0.29) is 0 Å². The average molecular weight is 345 g/mol. The van der Waals surface area contributed by atoms with Crippen molar-refractivity contribution in [1.29, 1.82) is 0 Å². The van der Waals surface area contributed by atoms with Crippen LogP contribution in [0.15, 0.2) is 55.1 Å². The summed E-state index contributed by atoms with van der Waals surface area (Å²) in [4.78, 5) is 20.5. The minimum Gasteiger partial charge on any atom is -0.298 e. The number of nitrogens with zero attached hydrogens (tertiary/aromatic N) is 5. The van der Waals surface area contributed by atoms with Crippen LogP contribution in [0.4, 0.5) is 0 Å². The summed E-state index contributed by atoms with van der Waals surface area (Å²) in [7, 11) is 0. The Morgan fingerprint density at radius 1 is 1.04 bits per heavy atom. The molecule has 1 aliphatic heterocycles. The van der Waals surface area contributed by atoms with Crippen LogP contribution in [0.5, 0.6) is 0 Å². The molecule has 1 unspecified atom stereocenters. The zero-order chi connectivity index (χ0) is 17.8. The molecule has 2 aromatic heterocycles. The number of rotatable bonds is 4. The first kappa shape index (κ1) is 16.8. The van der Waals surface area contributed by atoms with E-state index in [1.54, 1.807) is 0 Å². The quantitative estimate of drug-likeness (QED) is 0.723. The average Bonchev–Trinajstić information content (AvgIpc) is 2.69. The molecule has 4 rings (SSSR count). The van der Waals surface area contributed by atoms with E-state index >= 15 is 0 Å². The van der Waals surface area contributed by atoms with E-state index in [4.69, 9.17) is 0 Å². The molecule has 0 saturated carbocycles. The predicted octanol–water partition coefficient (Wildman–Crippen LogP) is 3.62. The zero-order valence-corrected chi connectivity index (χ0v) is 15.0. The van der Waals surface area contributed by atoms with Crippen molar-refractivity contribution in [3.05, 3.63) is 72.1 Å². The molecule has 1 atom stereocenters. The molecule has 26 heavy (non-hydrogen) atoms. The highest BCUT2D eigenvalue weighted by Crippen LogP contribution is 2.26. The van der Waals surface area contributed by atoms with Crippen LogP contribution in [0.25, 0.3) is 11.4 Å². The van der Waals surface area contributed by atoms with Crippen molar-refractivity contribution in [3.8, 4) is 11.4 Å². The van der Waals surface area contributed by atoms with Gasteiger partial charge in [-0.25, -0.2) is 9.97 Å². The fourth-order valence-corrected chi connectivity index (χ4v) is 3.55. The third-order valence-electron chi connectivity index (χ3n) is 4.84. The standard InChI is InChI=1S/C21H23N5/c1-16-10-22-13-20(25-16)19-8-5-9-26(15-19)14-17-11-23-21(24-12-17)18-6-3-2-4-7-18/h2-4,6-7,10-13,19H,5,8-9,14-15H2,1H3. The Balaban J connectivity index is 1.42. The van der Waals surface area contributed by atoms with Gasteiger partial charge in [0.15, 0.2) is 5.82 Å². The third-order valence-corrected chi connectivity index (χ3v) is 4.84. The molecule has 0 bridgehead atoms. The van der Waals surface area contributed by atoms with Gasteiger partial charge in [-0.15, -0.1) is 0 Å². The maximum absolute atomic E-state index is 4.67. The van der Waals surface area contributed by atoms with Crippen molar-refractivity contribution < 1.29 is 0 Å². The highest BCUT2D eigenvalue weighted by molar-refractivity contribution is 5.53.